The second-order valence-electron chi connectivity index (χ2n) is 5.25. The highest BCUT2D eigenvalue weighted by molar-refractivity contribution is 7.18. The summed E-state index contributed by atoms with van der Waals surface area (Å²) in [7, 11) is 0. The lowest BCUT2D eigenvalue weighted by atomic mass is 10.3. The van der Waals surface area contributed by atoms with E-state index in [0.29, 0.717) is 22.8 Å². The number of furan rings is 1. The Morgan fingerprint density at radius 2 is 2.12 bits per heavy atom. The summed E-state index contributed by atoms with van der Waals surface area (Å²) in [5, 5.41) is 2.80. The first-order valence-corrected chi connectivity index (χ1v) is 8.26. The number of carbonyl (C=O) groups excluding carboxylic acids is 1. The average Bonchev–Trinajstić information content (AvgIpc) is 3.21. The van der Waals surface area contributed by atoms with Crippen molar-refractivity contribution in [3.05, 3.63) is 69.7 Å². The number of aromatic nitrogens is 2. The number of hydrogen-bond donors (Lipinski definition) is 1. The minimum absolute atomic E-state index is 0.256. The van der Waals surface area contributed by atoms with Gasteiger partial charge in [-0.2, -0.15) is 0 Å². The molecule has 0 bridgehead atoms. The van der Waals surface area contributed by atoms with Crippen molar-refractivity contribution in [2.45, 2.75) is 6.42 Å². The number of imidazole rings is 1. The first kappa shape index (κ1) is 14.6. The summed E-state index contributed by atoms with van der Waals surface area (Å²) < 4.78 is 6.75. The highest BCUT2D eigenvalue weighted by Gasteiger charge is 2.13. The van der Waals surface area contributed by atoms with Crippen molar-refractivity contribution in [1.82, 2.24) is 14.7 Å². The van der Waals surface area contributed by atoms with Crippen LogP contribution in [0.25, 0.3) is 16.0 Å². The van der Waals surface area contributed by atoms with Gasteiger partial charge in [-0.1, -0.05) is 23.5 Å². The van der Waals surface area contributed by atoms with E-state index in [-0.39, 0.29) is 11.5 Å². The Kier molecular flexibility index (Phi) is 3.62. The van der Waals surface area contributed by atoms with E-state index in [1.54, 1.807) is 12.3 Å². The van der Waals surface area contributed by atoms with Gasteiger partial charge < -0.3 is 9.73 Å². The molecule has 0 saturated heterocycles. The third-order valence-corrected chi connectivity index (χ3v) is 4.65. The Balaban J connectivity index is 1.61. The topological polar surface area (TPSA) is 76.6 Å². The van der Waals surface area contributed by atoms with Gasteiger partial charge in [0.15, 0.2) is 4.96 Å². The number of carbonyl (C=O) groups is 1. The third-order valence-electron chi connectivity index (χ3n) is 3.67. The van der Waals surface area contributed by atoms with Crippen molar-refractivity contribution in [2.24, 2.45) is 0 Å². The third kappa shape index (κ3) is 2.59. The lowest BCUT2D eigenvalue weighted by molar-refractivity contribution is 0.0957. The number of benzene rings is 1. The van der Waals surface area contributed by atoms with Crippen molar-refractivity contribution in [1.29, 1.82) is 0 Å². The zero-order valence-electron chi connectivity index (χ0n) is 12.6. The second kappa shape index (κ2) is 5.93. The maximum Gasteiger partial charge on any atom is 0.261 e. The van der Waals surface area contributed by atoms with Crippen LogP contribution in [0.5, 0.6) is 0 Å². The highest BCUT2D eigenvalue weighted by Crippen LogP contribution is 2.19. The van der Waals surface area contributed by atoms with Gasteiger partial charge >= 0.3 is 0 Å². The molecule has 0 aliphatic rings. The van der Waals surface area contributed by atoms with E-state index in [0.717, 1.165) is 16.8 Å². The molecule has 1 amide bonds. The fraction of sp³-hybridized carbons (Fsp3) is 0.118. The van der Waals surface area contributed by atoms with Crippen LogP contribution in [0.3, 0.4) is 0 Å². The Morgan fingerprint density at radius 3 is 2.96 bits per heavy atom. The van der Waals surface area contributed by atoms with Crippen LogP contribution < -0.4 is 10.9 Å². The van der Waals surface area contributed by atoms with Crippen LogP contribution in [-0.2, 0) is 6.42 Å². The van der Waals surface area contributed by atoms with Crippen LogP contribution >= 0.6 is 11.3 Å². The minimum Gasteiger partial charge on any atom is -0.469 e. The maximum absolute atomic E-state index is 12.4. The zero-order chi connectivity index (χ0) is 16.5. The van der Waals surface area contributed by atoms with Gasteiger partial charge in [-0.15, -0.1) is 0 Å². The van der Waals surface area contributed by atoms with Crippen molar-refractivity contribution >= 4 is 33.2 Å². The van der Waals surface area contributed by atoms with Gasteiger partial charge in [0.1, 0.15) is 10.6 Å². The standard InChI is InChI=1S/C17H13N3O3S/c21-15-10-14(16(22)18-8-7-11-4-3-9-23-11)24-17-19-12-5-1-2-6-13(12)20(15)17/h1-6,9-10H,7-8H2,(H,18,22). The summed E-state index contributed by atoms with van der Waals surface area (Å²) in [4.78, 5) is 29.9. The molecule has 1 aromatic carbocycles. The number of hydrogen-bond acceptors (Lipinski definition) is 5. The number of para-hydroxylation sites is 2. The molecule has 0 aliphatic heterocycles. The van der Waals surface area contributed by atoms with Crippen LogP contribution in [-0.4, -0.2) is 21.8 Å². The van der Waals surface area contributed by atoms with Gasteiger partial charge in [-0.3, -0.25) is 14.0 Å². The van der Waals surface area contributed by atoms with Crippen LogP contribution in [0.15, 0.2) is 57.9 Å². The predicted molar refractivity (Wildman–Crippen MR) is 91.6 cm³/mol. The monoisotopic (exact) mass is 339 g/mol. The average molecular weight is 339 g/mol. The number of fused-ring (bicyclic) bond motifs is 3. The normalized spacial score (nSPS) is 11.2. The van der Waals surface area contributed by atoms with Gasteiger partial charge in [0, 0.05) is 19.0 Å². The quantitative estimate of drug-likeness (QED) is 0.620. The molecule has 0 atom stereocenters. The lowest BCUT2D eigenvalue weighted by Crippen LogP contribution is -2.26. The molecule has 0 radical (unpaired) electrons. The van der Waals surface area contributed by atoms with Gasteiger partial charge in [0.05, 0.1) is 17.3 Å². The second-order valence-corrected chi connectivity index (χ2v) is 6.26. The minimum atomic E-state index is -0.279. The Labute approximate surface area is 140 Å². The molecular formula is C17H13N3O3S. The van der Waals surface area contributed by atoms with Gasteiger partial charge in [0.2, 0.25) is 0 Å². The fourth-order valence-corrected chi connectivity index (χ4v) is 3.49. The molecule has 3 heterocycles. The van der Waals surface area contributed by atoms with Gasteiger partial charge in [0.25, 0.3) is 11.5 Å². The van der Waals surface area contributed by atoms with Crippen molar-refractivity contribution in [2.75, 3.05) is 6.54 Å². The molecule has 3 aromatic heterocycles. The summed E-state index contributed by atoms with van der Waals surface area (Å²) in [5.74, 6) is 0.525. The molecular weight excluding hydrogens is 326 g/mol. The van der Waals surface area contributed by atoms with Crippen LogP contribution in [0.1, 0.15) is 15.4 Å². The van der Waals surface area contributed by atoms with E-state index in [2.05, 4.69) is 10.3 Å². The number of amides is 1. The Bertz CT molecular complexity index is 1080. The van der Waals surface area contributed by atoms with Crippen LogP contribution in [0.2, 0.25) is 0 Å². The molecule has 1 N–H and O–H groups in total. The van der Waals surface area contributed by atoms with Gasteiger partial charge in [-0.05, 0) is 24.3 Å². The van der Waals surface area contributed by atoms with Crippen LogP contribution in [0, 0.1) is 0 Å². The van der Waals surface area contributed by atoms with Crippen molar-refractivity contribution in [3.8, 4) is 0 Å². The molecule has 0 aliphatic carbocycles. The summed E-state index contributed by atoms with van der Waals surface area (Å²) in [6.07, 6.45) is 2.20. The molecule has 24 heavy (non-hydrogen) atoms. The molecule has 0 unspecified atom stereocenters. The summed E-state index contributed by atoms with van der Waals surface area (Å²) in [6, 6.07) is 12.4. The number of nitrogens with zero attached hydrogens (tertiary/aromatic N) is 2. The number of rotatable bonds is 4. The zero-order valence-corrected chi connectivity index (χ0v) is 13.4. The molecule has 0 fully saturated rings. The van der Waals surface area contributed by atoms with Crippen molar-refractivity contribution < 1.29 is 9.21 Å². The summed E-state index contributed by atoms with van der Waals surface area (Å²) >= 11 is 1.20. The molecule has 7 heteroatoms. The van der Waals surface area contributed by atoms with Gasteiger partial charge in [-0.25, -0.2) is 4.98 Å². The predicted octanol–water partition coefficient (Wildman–Crippen LogP) is 2.47. The molecule has 6 nitrogen and oxygen atoms in total. The first-order chi connectivity index (χ1) is 11.7. The van der Waals surface area contributed by atoms with E-state index in [1.807, 2.05) is 30.3 Å². The first-order valence-electron chi connectivity index (χ1n) is 7.44. The fourth-order valence-electron chi connectivity index (χ4n) is 2.54. The smallest absolute Gasteiger partial charge is 0.261 e. The molecule has 4 aromatic rings. The molecule has 0 spiro atoms. The summed E-state index contributed by atoms with van der Waals surface area (Å²) in [6.45, 7) is 0.439. The van der Waals surface area contributed by atoms with E-state index >= 15 is 0 Å². The lowest BCUT2D eigenvalue weighted by Gasteiger charge is -2.03. The largest absolute Gasteiger partial charge is 0.469 e. The van der Waals surface area contributed by atoms with Crippen molar-refractivity contribution in [3.63, 3.8) is 0 Å². The van der Waals surface area contributed by atoms with E-state index in [4.69, 9.17) is 4.42 Å². The van der Waals surface area contributed by atoms with E-state index in [1.165, 1.54) is 21.8 Å². The highest BCUT2D eigenvalue weighted by atomic mass is 32.1. The van der Waals surface area contributed by atoms with E-state index < -0.39 is 0 Å². The maximum atomic E-state index is 12.4. The summed E-state index contributed by atoms with van der Waals surface area (Å²) in [5.41, 5.74) is 1.23. The molecule has 120 valence electrons. The molecule has 4 rings (SSSR count). The number of nitrogens with one attached hydrogen (secondary N) is 1. The Morgan fingerprint density at radius 1 is 1.25 bits per heavy atom. The molecule has 0 saturated carbocycles. The SMILES string of the molecule is O=C(NCCc1ccco1)c1cc(=O)n2c(nc3ccccc32)s1. The Hall–Kier alpha value is -2.93. The van der Waals surface area contributed by atoms with E-state index in [9.17, 15) is 9.59 Å². The van der Waals surface area contributed by atoms with Crippen LogP contribution in [0.4, 0.5) is 0 Å².